The van der Waals surface area contributed by atoms with Crippen molar-refractivity contribution in [3.63, 3.8) is 0 Å². The zero-order chi connectivity index (χ0) is 25.2. The summed E-state index contributed by atoms with van der Waals surface area (Å²) < 4.78 is 40.2. The van der Waals surface area contributed by atoms with Gasteiger partial charge in [0.05, 0.1) is 29.8 Å². The van der Waals surface area contributed by atoms with Gasteiger partial charge in [-0.2, -0.15) is 13.2 Å². The topological polar surface area (TPSA) is 119 Å². The SMILES string of the molecule is Cc1cccc(-c2cc(-c3cn(Cc4cccc(C(F)(F)F)n4)nn3)nc(N[C@H](C)C(=O)O)n2)c1. The number of benzene rings is 1. The molecular formula is C23H20F3N7O2. The predicted octanol–water partition coefficient (Wildman–Crippen LogP) is 4.06. The van der Waals surface area contributed by atoms with Crippen LogP contribution in [0.15, 0.2) is 54.7 Å². The van der Waals surface area contributed by atoms with Gasteiger partial charge in [-0.1, -0.05) is 35.0 Å². The fourth-order valence-corrected chi connectivity index (χ4v) is 3.24. The highest BCUT2D eigenvalue weighted by Crippen LogP contribution is 2.28. The maximum atomic E-state index is 13.0. The van der Waals surface area contributed by atoms with E-state index in [1.54, 1.807) is 6.07 Å². The number of nitrogens with zero attached hydrogens (tertiary/aromatic N) is 6. The molecule has 0 unspecified atom stereocenters. The molecule has 0 bridgehead atoms. The van der Waals surface area contributed by atoms with Gasteiger partial charge >= 0.3 is 12.1 Å². The van der Waals surface area contributed by atoms with Crippen molar-refractivity contribution < 1.29 is 23.1 Å². The van der Waals surface area contributed by atoms with E-state index in [9.17, 15) is 23.1 Å². The largest absolute Gasteiger partial charge is 0.480 e. The van der Waals surface area contributed by atoms with Crippen LogP contribution in [-0.2, 0) is 17.5 Å². The molecule has 0 aliphatic rings. The lowest BCUT2D eigenvalue weighted by molar-refractivity contribution is -0.141. The monoisotopic (exact) mass is 483 g/mol. The molecule has 0 aliphatic heterocycles. The van der Waals surface area contributed by atoms with E-state index < -0.39 is 23.9 Å². The second kappa shape index (κ2) is 9.49. The number of aromatic nitrogens is 6. The van der Waals surface area contributed by atoms with Crippen molar-refractivity contribution in [3.8, 4) is 22.6 Å². The first-order valence-corrected chi connectivity index (χ1v) is 10.5. The zero-order valence-corrected chi connectivity index (χ0v) is 18.7. The molecule has 0 saturated heterocycles. The molecule has 35 heavy (non-hydrogen) atoms. The Hall–Kier alpha value is -4.35. The maximum Gasteiger partial charge on any atom is 0.433 e. The van der Waals surface area contributed by atoms with Crippen LogP contribution in [0.25, 0.3) is 22.6 Å². The average molecular weight is 483 g/mol. The van der Waals surface area contributed by atoms with Crippen LogP contribution in [0.2, 0.25) is 0 Å². The van der Waals surface area contributed by atoms with Crippen LogP contribution in [0.3, 0.4) is 0 Å². The summed E-state index contributed by atoms with van der Waals surface area (Å²) in [7, 11) is 0. The second-order valence-corrected chi connectivity index (χ2v) is 7.85. The number of pyridine rings is 1. The van der Waals surface area contributed by atoms with Crippen molar-refractivity contribution in [1.29, 1.82) is 0 Å². The molecule has 180 valence electrons. The molecule has 0 fully saturated rings. The Bertz CT molecular complexity index is 1370. The van der Waals surface area contributed by atoms with Crippen LogP contribution in [0.4, 0.5) is 19.1 Å². The van der Waals surface area contributed by atoms with Crippen molar-refractivity contribution in [1.82, 2.24) is 29.9 Å². The van der Waals surface area contributed by atoms with Gasteiger partial charge in [0.1, 0.15) is 17.4 Å². The third kappa shape index (κ3) is 5.78. The number of hydrogen-bond acceptors (Lipinski definition) is 7. The Morgan fingerprint density at radius 1 is 1.06 bits per heavy atom. The first kappa shape index (κ1) is 23.8. The minimum absolute atomic E-state index is 0.0338. The maximum absolute atomic E-state index is 13.0. The van der Waals surface area contributed by atoms with E-state index in [1.807, 2.05) is 31.2 Å². The molecule has 1 aromatic carbocycles. The van der Waals surface area contributed by atoms with Gasteiger partial charge in [-0.15, -0.1) is 5.10 Å². The van der Waals surface area contributed by atoms with Crippen LogP contribution < -0.4 is 5.32 Å². The van der Waals surface area contributed by atoms with Crippen LogP contribution in [0.1, 0.15) is 23.9 Å². The van der Waals surface area contributed by atoms with E-state index in [-0.39, 0.29) is 18.2 Å². The first-order chi connectivity index (χ1) is 16.6. The van der Waals surface area contributed by atoms with Gasteiger partial charge in [0, 0.05) is 5.56 Å². The molecule has 0 amide bonds. The fraction of sp³-hybridized carbons (Fsp3) is 0.217. The predicted molar refractivity (Wildman–Crippen MR) is 120 cm³/mol. The summed E-state index contributed by atoms with van der Waals surface area (Å²) in [6.07, 6.45) is -3.03. The van der Waals surface area contributed by atoms with E-state index in [0.717, 1.165) is 17.2 Å². The summed E-state index contributed by atoms with van der Waals surface area (Å²) in [6.45, 7) is 3.36. The van der Waals surface area contributed by atoms with Gasteiger partial charge < -0.3 is 10.4 Å². The van der Waals surface area contributed by atoms with Crippen LogP contribution >= 0.6 is 0 Å². The molecule has 0 radical (unpaired) electrons. The van der Waals surface area contributed by atoms with Gasteiger partial charge in [0.25, 0.3) is 0 Å². The Morgan fingerprint density at radius 2 is 1.80 bits per heavy atom. The van der Waals surface area contributed by atoms with Crippen LogP contribution in [0, 0.1) is 6.92 Å². The molecule has 4 aromatic rings. The Morgan fingerprint density at radius 3 is 2.51 bits per heavy atom. The van der Waals surface area contributed by atoms with Gasteiger partial charge in [0.15, 0.2) is 0 Å². The summed E-state index contributed by atoms with van der Waals surface area (Å²) in [6, 6.07) is 12.0. The lowest BCUT2D eigenvalue weighted by Gasteiger charge is -2.12. The van der Waals surface area contributed by atoms with Crippen molar-refractivity contribution in [2.24, 2.45) is 0 Å². The quantitative estimate of drug-likeness (QED) is 0.404. The number of alkyl halides is 3. The fourth-order valence-electron chi connectivity index (χ4n) is 3.24. The van der Waals surface area contributed by atoms with E-state index in [4.69, 9.17) is 0 Å². The van der Waals surface area contributed by atoms with Crippen molar-refractivity contribution in [2.45, 2.75) is 32.6 Å². The smallest absolute Gasteiger partial charge is 0.433 e. The summed E-state index contributed by atoms with van der Waals surface area (Å²) >= 11 is 0. The Kier molecular flexibility index (Phi) is 6.45. The number of carboxylic acid groups (broad SMARTS) is 1. The Balaban J connectivity index is 1.67. The number of aryl methyl sites for hydroxylation is 1. The van der Waals surface area contributed by atoms with Crippen LogP contribution in [-0.4, -0.2) is 47.1 Å². The van der Waals surface area contributed by atoms with Gasteiger partial charge in [-0.3, -0.25) is 4.79 Å². The lowest BCUT2D eigenvalue weighted by atomic mass is 10.1. The summed E-state index contributed by atoms with van der Waals surface area (Å²) in [5.41, 5.74) is 2.21. The van der Waals surface area contributed by atoms with Gasteiger partial charge in [-0.25, -0.2) is 19.6 Å². The highest BCUT2D eigenvalue weighted by atomic mass is 19.4. The number of anilines is 1. The molecule has 4 rings (SSSR count). The zero-order valence-electron chi connectivity index (χ0n) is 18.7. The van der Waals surface area contributed by atoms with E-state index in [2.05, 4.69) is 30.6 Å². The van der Waals surface area contributed by atoms with Gasteiger partial charge in [0.2, 0.25) is 5.95 Å². The third-order valence-corrected chi connectivity index (χ3v) is 4.98. The number of carboxylic acids is 1. The molecule has 3 heterocycles. The number of rotatable bonds is 7. The normalized spacial score (nSPS) is 12.4. The summed E-state index contributed by atoms with van der Waals surface area (Å²) in [5.74, 6) is -0.987. The molecule has 9 nitrogen and oxygen atoms in total. The standard InChI is InChI=1S/C23H20F3N7O2/c1-13-5-3-6-15(9-13)17-10-18(30-22(29-17)27-14(2)21(34)35)19-12-33(32-31-19)11-16-7-4-8-20(28-16)23(24,25)26/h3-10,12,14H,11H2,1-2H3,(H,34,35)(H,27,29,30)/t14-/m1/s1. The van der Waals surface area contributed by atoms with Crippen molar-refractivity contribution >= 4 is 11.9 Å². The van der Waals surface area contributed by atoms with Crippen LogP contribution in [0.5, 0.6) is 0 Å². The summed E-state index contributed by atoms with van der Waals surface area (Å²) in [5, 5.41) is 20.1. The molecule has 3 aromatic heterocycles. The number of aliphatic carboxylic acids is 1. The number of carbonyl (C=O) groups is 1. The van der Waals surface area contributed by atoms with Gasteiger partial charge in [-0.05, 0) is 38.1 Å². The summed E-state index contributed by atoms with van der Waals surface area (Å²) in [4.78, 5) is 23.8. The number of halogens is 3. The molecule has 0 spiro atoms. The van der Waals surface area contributed by atoms with Crippen molar-refractivity contribution in [3.05, 3.63) is 71.7 Å². The number of hydrogen-bond donors (Lipinski definition) is 2. The molecule has 12 heteroatoms. The van der Waals surface area contributed by atoms with E-state index in [1.165, 1.54) is 29.9 Å². The van der Waals surface area contributed by atoms with E-state index >= 15 is 0 Å². The molecule has 0 aliphatic carbocycles. The second-order valence-electron chi connectivity index (χ2n) is 7.85. The molecular weight excluding hydrogens is 463 g/mol. The highest BCUT2D eigenvalue weighted by molar-refractivity contribution is 5.76. The lowest BCUT2D eigenvalue weighted by Crippen LogP contribution is -2.26. The Labute approximate surface area is 197 Å². The highest BCUT2D eigenvalue weighted by Gasteiger charge is 2.32. The average Bonchev–Trinajstić information content (AvgIpc) is 3.27. The van der Waals surface area contributed by atoms with E-state index in [0.29, 0.717) is 17.1 Å². The first-order valence-electron chi connectivity index (χ1n) is 10.5. The molecule has 1 atom stereocenters. The minimum atomic E-state index is -4.55. The molecule has 2 N–H and O–H groups in total. The molecule has 0 saturated carbocycles. The van der Waals surface area contributed by atoms with Crippen molar-refractivity contribution in [2.75, 3.05) is 5.32 Å². The number of nitrogens with one attached hydrogen (secondary N) is 1. The third-order valence-electron chi connectivity index (χ3n) is 4.98. The minimum Gasteiger partial charge on any atom is -0.480 e.